The number of carboxylic acids is 1. The smallest absolute Gasteiger partial charge is 0.339 e. The molecular weight excluding hydrogens is 400 g/mol. The third kappa shape index (κ3) is 4.27. The Balaban J connectivity index is 2.09. The lowest BCUT2D eigenvalue weighted by molar-refractivity contribution is 0.0693. The van der Waals surface area contributed by atoms with E-state index in [1.807, 2.05) is 6.92 Å². The highest BCUT2D eigenvalue weighted by atomic mass is 79.9. The molecule has 0 fully saturated rings. The first-order valence-corrected chi connectivity index (χ1v) is 9.33. The summed E-state index contributed by atoms with van der Waals surface area (Å²) in [5.74, 6) is -1.83. The summed E-state index contributed by atoms with van der Waals surface area (Å²) in [5, 5.41) is 18.6. The molecule has 0 spiro atoms. The number of benzene rings is 2. The van der Waals surface area contributed by atoms with Crippen LogP contribution in [0.4, 0.5) is 0 Å². The number of hydrogen-bond donors (Lipinski definition) is 2. The molecule has 0 aliphatic carbocycles. The first-order chi connectivity index (χ1) is 11.2. The van der Waals surface area contributed by atoms with Crippen LogP contribution >= 0.6 is 15.9 Å². The molecule has 0 heterocycles. The van der Waals surface area contributed by atoms with E-state index in [1.54, 1.807) is 12.1 Å². The average Bonchev–Trinajstić information content (AvgIpc) is 2.50. The number of carboxylic acid groups (broad SMARTS) is 1. The van der Waals surface area contributed by atoms with Gasteiger partial charge in [0, 0.05) is 0 Å². The van der Waals surface area contributed by atoms with Gasteiger partial charge in [0.25, 0.3) is 0 Å². The molecule has 2 rings (SSSR count). The molecule has 0 radical (unpaired) electrons. The zero-order valence-electron chi connectivity index (χ0n) is 12.7. The van der Waals surface area contributed by atoms with Crippen molar-refractivity contribution in [1.29, 1.82) is 0 Å². The lowest BCUT2D eigenvalue weighted by atomic mass is 10.2. The topological polar surface area (TPSA) is 101 Å². The Kier molecular flexibility index (Phi) is 5.51. The van der Waals surface area contributed by atoms with Gasteiger partial charge in [-0.3, -0.25) is 0 Å². The minimum Gasteiger partial charge on any atom is -0.506 e. The molecule has 8 heteroatoms. The summed E-state index contributed by atoms with van der Waals surface area (Å²) in [4.78, 5) is 11.2. The Morgan fingerprint density at radius 1 is 1.21 bits per heavy atom. The maximum absolute atomic E-state index is 12.2. The summed E-state index contributed by atoms with van der Waals surface area (Å²) in [7, 11) is -3.49. The number of carbonyl (C=O) groups is 1. The predicted octanol–water partition coefficient (Wildman–Crippen LogP) is 3.01. The summed E-state index contributed by atoms with van der Waals surface area (Å²) in [6.45, 7) is 1.72. The molecule has 0 unspecified atom stereocenters. The van der Waals surface area contributed by atoms with Crippen LogP contribution in [0, 0.1) is 6.92 Å². The van der Waals surface area contributed by atoms with Crippen LogP contribution in [0.25, 0.3) is 0 Å². The first kappa shape index (κ1) is 18.3. The van der Waals surface area contributed by atoms with Gasteiger partial charge in [0.05, 0.1) is 15.1 Å². The van der Waals surface area contributed by atoms with Crippen LogP contribution in [0.5, 0.6) is 11.5 Å². The van der Waals surface area contributed by atoms with Gasteiger partial charge in [-0.15, -0.1) is 0 Å². The zero-order valence-corrected chi connectivity index (χ0v) is 15.1. The molecule has 128 valence electrons. The molecule has 0 bridgehead atoms. The molecule has 6 nitrogen and oxygen atoms in total. The maximum Gasteiger partial charge on any atom is 0.339 e. The van der Waals surface area contributed by atoms with Gasteiger partial charge in [-0.2, -0.15) is 0 Å². The van der Waals surface area contributed by atoms with E-state index in [4.69, 9.17) is 9.84 Å². The fourth-order valence-electron chi connectivity index (χ4n) is 1.95. The Hall–Kier alpha value is -2.06. The van der Waals surface area contributed by atoms with Crippen LogP contribution in [0.15, 0.2) is 45.8 Å². The molecular formula is C16H15BrO6S. The summed E-state index contributed by atoms with van der Waals surface area (Å²) in [5.41, 5.74) is 0.626. The molecule has 0 saturated carbocycles. The third-order valence-electron chi connectivity index (χ3n) is 3.27. The number of aryl methyl sites for hydroxylation is 1. The Morgan fingerprint density at radius 2 is 1.83 bits per heavy atom. The normalized spacial score (nSPS) is 11.2. The summed E-state index contributed by atoms with van der Waals surface area (Å²) >= 11 is 3.03. The first-order valence-electron chi connectivity index (χ1n) is 6.89. The Morgan fingerprint density at radius 3 is 2.42 bits per heavy atom. The average molecular weight is 415 g/mol. The van der Waals surface area contributed by atoms with Crippen LogP contribution in [0.1, 0.15) is 15.9 Å². The Labute approximate surface area is 147 Å². The quantitative estimate of drug-likeness (QED) is 0.753. The molecule has 2 aromatic carbocycles. The number of ether oxygens (including phenoxy) is 1. The van der Waals surface area contributed by atoms with E-state index in [0.29, 0.717) is 0 Å². The fraction of sp³-hybridized carbons (Fsp3) is 0.188. The van der Waals surface area contributed by atoms with Gasteiger partial charge in [0.1, 0.15) is 23.7 Å². The van der Waals surface area contributed by atoms with Crippen LogP contribution in [-0.4, -0.2) is 37.0 Å². The van der Waals surface area contributed by atoms with Crippen molar-refractivity contribution in [2.45, 2.75) is 11.8 Å². The second-order valence-corrected chi connectivity index (χ2v) is 8.05. The molecule has 0 aliphatic rings. The van der Waals surface area contributed by atoms with E-state index in [9.17, 15) is 18.3 Å². The van der Waals surface area contributed by atoms with Gasteiger partial charge in [0.15, 0.2) is 9.84 Å². The monoisotopic (exact) mass is 414 g/mol. The van der Waals surface area contributed by atoms with Crippen LogP contribution < -0.4 is 4.74 Å². The third-order valence-corrected chi connectivity index (χ3v) is 5.57. The molecule has 0 aromatic heterocycles. The summed E-state index contributed by atoms with van der Waals surface area (Å²) in [6, 6.07) is 9.00. The highest BCUT2D eigenvalue weighted by molar-refractivity contribution is 9.10. The SMILES string of the molecule is Cc1ccc(S(=O)(=O)CCOc2cc(Br)c(O)c(C(=O)O)c2)cc1. The number of aromatic hydroxyl groups is 1. The predicted molar refractivity (Wildman–Crippen MR) is 91.5 cm³/mol. The minimum atomic E-state index is -3.49. The molecule has 2 N–H and O–H groups in total. The molecule has 0 amide bonds. The van der Waals surface area contributed by atoms with Crippen molar-refractivity contribution >= 4 is 31.7 Å². The maximum atomic E-state index is 12.2. The molecule has 0 atom stereocenters. The number of phenols is 1. The van der Waals surface area contributed by atoms with E-state index in [1.165, 1.54) is 18.2 Å². The fourth-order valence-corrected chi connectivity index (χ4v) is 3.48. The number of rotatable bonds is 6. The standard InChI is InChI=1S/C16H15BrO6S/c1-10-2-4-12(5-3-10)24(21,22)7-6-23-11-8-13(16(19)20)15(18)14(17)9-11/h2-5,8-9,18H,6-7H2,1H3,(H,19,20). The van der Waals surface area contributed by atoms with Crippen molar-refractivity contribution in [3.05, 3.63) is 52.0 Å². The summed E-state index contributed by atoms with van der Waals surface area (Å²) in [6.07, 6.45) is 0. The van der Waals surface area contributed by atoms with Crippen molar-refractivity contribution in [3.8, 4) is 11.5 Å². The zero-order chi connectivity index (χ0) is 17.9. The van der Waals surface area contributed by atoms with Crippen molar-refractivity contribution in [2.75, 3.05) is 12.4 Å². The lowest BCUT2D eigenvalue weighted by Crippen LogP contribution is -2.14. The van der Waals surface area contributed by atoms with Gasteiger partial charge in [0.2, 0.25) is 0 Å². The van der Waals surface area contributed by atoms with Gasteiger partial charge < -0.3 is 14.9 Å². The minimum absolute atomic E-state index is 0.146. The van der Waals surface area contributed by atoms with Gasteiger partial charge in [-0.05, 0) is 47.1 Å². The van der Waals surface area contributed by atoms with Crippen LogP contribution in [0.3, 0.4) is 0 Å². The number of hydrogen-bond acceptors (Lipinski definition) is 5. The Bertz CT molecular complexity index is 859. The van der Waals surface area contributed by atoms with Crippen LogP contribution in [0.2, 0.25) is 0 Å². The second kappa shape index (κ2) is 7.23. The second-order valence-electron chi connectivity index (χ2n) is 5.09. The van der Waals surface area contributed by atoms with E-state index in [2.05, 4.69) is 15.9 Å². The molecule has 2 aromatic rings. The van der Waals surface area contributed by atoms with E-state index in [0.717, 1.165) is 11.6 Å². The highest BCUT2D eigenvalue weighted by Gasteiger charge is 2.17. The number of aromatic carboxylic acids is 1. The van der Waals surface area contributed by atoms with Gasteiger partial charge in [-0.25, -0.2) is 13.2 Å². The van der Waals surface area contributed by atoms with E-state index in [-0.39, 0.29) is 33.0 Å². The van der Waals surface area contributed by atoms with E-state index < -0.39 is 21.6 Å². The van der Waals surface area contributed by atoms with Gasteiger partial charge >= 0.3 is 5.97 Å². The number of halogens is 1. The molecule has 24 heavy (non-hydrogen) atoms. The largest absolute Gasteiger partial charge is 0.506 e. The van der Waals surface area contributed by atoms with Crippen molar-refractivity contribution in [3.63, 3.8) is 0 Å². The molecule has 0 aliphatic heterocycles. The number of sulfone groups is 1. The highest BCUT2D eigenvalue weighted by Crippen LogP contribution is 2.32. The van der Waals surface area contributed by atoms with Gasteiger partial charge in [-0.1, -0.05) is 17.7 Å². The molecule has 0 saturated heterocycles. The van der Waals surface area contributed by atoms with Crippen molar-refractivity contribution in [2.24, 2.45) is 0 Å². The van der Waals surface area contributed by atoms with Crippen LogP contribution in [-0.2, 0) is 9.84 Å². The lowest BCUT2D eigenvalue weighted by Gasteiger charge is -2.10. The van der Waals surface area contributed by atoms with Crippen molar-refractivity contribution < 1.29 is 28.2 Å². The van der Waals surface area contributed by atoms with E-state index >= 15 is 0 Å². The van der Waals surface area contributed by atoms with Crippen molar-refractivity contribution in [1.82, 2.24) is 0 Å². The summed E-state index contributed by atoms with van der Waals surface area (Å²) < 4.78 is 29.9.